The molecule has 1 fully saturated rings. The van der Waals surface area contributed by atoms with Crippen molar-refractivity contribution >= 4 is 0 Å². The third-order valence-corrected chi connectivity index (χ3v) is 4.32. The Bertz CT molecular complexity index is 700. The third-order valence-electron chi connectivity index (χ3n) is 4.32. The summed E-state index contributed by atoms with van der Waals surface area (Å²) in [6.07, 6.45) is 0.0435. The van der Waals surface area contributed by atoms with Crippen LogP contribution in [-0.2, 0) is 4.74 Å². The van der Waals surface area contributed by atoms with Crippen LogP contribution in [0.2, 0.25) is 0 Å². The monoisotopic (exact) mass is 330 g/mol. The predicted octanol–water partition coefficient (Wildman–Crippen LogP) is 3.36. The van der Waals surface area contributed by atoms with Gasteiger partial charge in [-0.3, -0.25) is 0 Å². The van der Waals surface area contributed by atoms with Gasteiger partial charge in [-0.15, -0.1) is 0 Å². The van der Waals surface area contributed by atoms with Crippen molar-refractivity contribution in [1.29, 1.82) is 0 Å². The van der Waals surface area contributed by atoms with Gasteiger partial charge in [0.25, 0.3) is 0 Å². The highest BCUT2D eigenvalue weighted by Crippen LogP contribution is 2.41. The van der Waals surface area contributed by atoms with Gasteiger partial charge in [-0.2, -0.15) is 0 Å². The lowest BCUT2D eigenvalue weighted by Crippen LogP contribution is -2.26. The zero-order chi connectivity index (χ0) is 17.1. The third kappa shape index (κ3) is 3.47. The summed E-state index contributed by atoms with van der Waals surface area (Å²) in [6, 6.07) is 12.6. The van der Waals surface area contributed by atoms with Crippen molar-refractivity contribution in [2.75, 3.05) is 14.2 Å². The highest BCUT2D eigenvalue weighted by atomic mass is 16.5. The second kappa shape index (κ2) is 7.11. The zero-order valence-corrected chi connectivity index (χ0v) is 13.8. The number of aromatic hydroxyl groups is 1. The molecule has 128 valence electrons. The van der Waals surface area contributed by atoms with E-state index in [1.165, 1.54) is 0 Å². The molecular weight excluding hydrogens is 308 g/mol. The summed E-state index contributed by atoms with van der Waals surface area (Å²) in [5.41, 5.74) is 1.79. The lowest BCUT2D eigenvalue weighted by Gasteiger charge is -2.34. The summed E-state index contributed by atoms with van der Waals surface area (Å²) in [5, 5.41) is 19.9. The SMILES string of the molecule is COc1ccc([C@@H]2C[C@H](O)C[C@H](c3cccc(O)c3)O2)cc1OC. The van der Waals surface area contributed by atoms with Gasteiger partial charge in [-0.05, 0) is 35.4 Å². The molecule has 0 spiro atoms. The van der Waals surface area contributed by atoms with Crippen LogP contribution < -0.4 is 9.47 Å². The van der Waals surface area contributed by atoms with E-state index in [1.54, 1.807) is 32.4 Å². The van der Waals surface area contributed by atoms with E-state index < -0.39 is 6.10 Å². The maximum atomic E-state index is 10.3. The largest absolute Gasteiger partial charge is 0.508 e. The lowest BCUT2D eigenvalue weighted by molar-refractivity contribution is -0.0999. The molecule has 24 heavy (non-hydrogen) atoms. The Kier molecular flexibility index (Phi) is 4.92. The summed E-state index contributed by atoms with van der Waals surface area (Å²) in [6.45, 7) is 0. The van der Waals surface area contributed by atoms with Crippen molar-refractivity contribution in [2.24, 2.45) is 0 Å². The van der Waals surface area contributed by atoms with Crippen LogP contribution in [0.4, 0.5) is 0 Å². The molecule has 2 N–H and O–H groups in total. The molecule has 1 aliphatic rings. The lowest BCUT2D eigenvalue weighted by atomic mass is 9.93. The fourth-order valence-corrected chi connectivity index (χ4v) is 3.11. The molecule has 0 saturated carbocycles. The predicted molar refractivity (Wildman–Crippen MR) is 89.5 cm³/mol. The molecule has 5 nitrogen and oxygen atoms in total. The Labute approximate surface area is 141 Å². The molecule has 0 aromatic heterocycles. The number of hydrogen-bond acceptors (Lipinski definition) is 5. The second-order valence-corrected chi connectivity index (χ2v) is 5.95. The van der Waals surface area contributed by atoms with E-state index in [1.807, 2.05) is 24.3 Å². The number of phenols is 1. The number of aliphatic hydroxyl groups is 1. The number of aliphatic hydroxyl groups excluding tert-OH is 1. The minimum atomic E-state index is -0.468. The molecule has 1 heterocycles. The number of methoxy groups -OCH3 is 2. The molecule has 3 rings (SSSR count). The first-order valence-electron chi connectivity index (χ1n) is 7.95. The molecule has 1 saturated heterocycles. The zero-order valence-electron chi connectivity index (χ0n) is 13.8. The van der Waals surface area contributed by atoms with E-state index in [2.05, 4.69) is 0 Å². The summed E-state index contributed by atoms with van der Waals surface area (Å²) in [7, 11) is 3.18. The highest BCUT2D eigenvalue weighted by Gasteiger charge is 2.31. The number of benzene rings is 2. The van der Waals surface area contributed by atoms with Crippen LogP contribution in [0.15, 0.2) is 42.5 Å². The molecule has 0 aliphatic carbocycles. The van der Waals surface area contributed by atoms with Crippen LogP contribution in [0.25, 0.3) is 0 Å². The topological polar surface area (TPSA) is 68.2 Å². The van der Waals surface area contributed by atoms with E-state index in [4.69, 9.17) is 14.2 Å². The van der Waals surface area contributed by atoms with Crippen molar-refractivity contribution in [2.45, 2.75) is 31.2 Å². The average molecular weight is 330 g/mol. The molecule has 0 amide bonds. The van der Waals surface area contributed by atoms with E-state index in [0.717, 1.165) is 11.1 Å². The van der Waals surface area contributed by atoms with Crippen molar-refractivity contribution < 1.29 is 24.4 Å². The molecule has 3 atom stereocenters. The van der Waals surface area contributed by atoms with Crippen LogP contribution >= 0.6 is 0 Å². The molecule has 5 heteroatoms. The van der Waals surface area contributed by atoms with Crippen LogP contribution in [0.5, 0.6) is 17.2 Å². The maximum Gasteiger partial charge on any atom is 0.161 e. The number of hydrogen-bond donors (Lipinski definition) is 2. The van der Waals surface area contributed by atoms with E-state index in [9.17, 15) is 10.2 Å². The highest BCUT2D eigenvalue weighted by molar-refractivity contribution is 5.43. The second-order valence-electron chi connectivity index (χ2n) is 5.95. The summed E-state index contributed by atoms with van der Waals surface area (Å²) < 4.78 is 16.8. The number of phenolic OH excluding ortho intramolecular Hbond substituents is 1. The Morgan fingerprint density at radius 1 is 0.917 bits per heavy atom. The molecule has 2 aromatic rings. The first-order chi connectivity index (χ1) is 11.6. The van der Waals surface area contributed by atoms with Crippen LogP contribution in [0.1, 0.15) is 36.2 Å². The van der Waals surface area contributed by atoms with E-state index in [0.29, 0.717) is 24.3 Å². The summed E-state index contributed by atoms with van der Waals surface area (Å²) in [4.78, 5) is 0. The van der Waals surface area contributed by atoms with Gasteiger partial charge in [-0.25, -0.2) is 0 Å². The smallest absolute Gasteiger partial charge is 0.161 e. The maximum absolute atomic E-state index is 10.3. The number of ether oxygens (including phenoxy) is 3. The van der Waals surface area contributed by atoms with Crippen molar-refractivity contribution in [3.05, 3.63) is 53.6 Å². The standard InChI is InChI=1S/C19H22O5/c1-22-16-7-6-13(9-19(16)23-2)18-11-15(21)10-17(24-18)12-4-3-5-14(20)8-12/h3-9,15,17-18,20-21H,10-11H2,1-2H3/t15-,17-,18+/m1/s1. The van der Waals surface area contributed by atoms with Gasteiger partial charge in [0.05, 0.1) is 32.5 Å². The molecule has 0 radical (unpaired) electrons. The van der Waals surface area contributed by atoms with Gasteiger partial charge in [0.1, 0.15) is 5.75 Å². The molecule has 2 aromatic carbocycles. The molecule has 0 bridgehead atoms. The first kappa shape index (κ1) is 16.6. The van der Waals surface area contributed by atoms with Gasteiger partial charge in [0, 0.05) is 12.8 Å². The Morgan fingerprint density at radius 2 is 1.58 bits per heavy atom. The van der Waals surface area contributed by atoms with E-state index >= 15 is 0 Å². The first-order valence-corrected chi connectivity index (χ1v) is 7.95. The van der Waals surface area contributed by atoms with Gasteiger partial charge in [0.2, 0.25) is 0 Å². The Hall–Kier alpha value is -2.24. The summed E-state index contributed by atoms with van der Waals surface area (Å²) >= 11 is 0. The van der Waals surface area contributed by atoms with Crippen LogP contribution in [0, 0.1) is 0 Å². The van der Waals surface area contributed by atoms with Gasteiger partial charge < -0.3 is 24.4 Å². The van der Waals surface area contributed by atoms with Crippen LogP contribution in [0.3, 0.4) is 0 Å². The fraction of sp³-hybridized carbons (Fsp3) is 0.368. The Balaban J connectivity index is 1.86. The summed E-state index contributed by atoms with van der Waals surface area (Å²) in [5.74, 6) is 1.48. The van der Waals surface area contributed by atoms with Gasteiger partial charge in [-0.1, -0.05) is 18.2 Å². The minimum absolute atomic E-state index is 0.193. The molecule has 1 aliphatic heterocycles. The van der Waals surface area contributed by atoms with Gasteiger partial charge >= 0.3 is 0 Å². The van der Waals surface area contributed by atoms with Crippen molar-refractivity contribution in [3.8, 4) is 17.2 Å². The average Bonchev–Trinajstić information content (AvgIpc) is 2.60. The molecular formula is C19H22O5. The normalized spacial score (nSPS) is 23.7. The Morgan fingerprint density at radius 3 is 2.21 bits per heavy atom. The quantitative estimate of drug-likeness (QED) is 0.900. The molecule has 0 unspecified atom stereocenters. The van der Waals surface area contributed by atoms with Crippen molar-refractivity contribution in [3.63, 3.8) is 0 Å². The van der Waals surface area contributed by atoms with E-state index in [-0.39, 0.29) is 18.0 Å². The van der Waals surface area contributed by atoms with Gasteiger partial charge in [0.15, 0.2) is 11.5 Å². The minimum Gasteiger partial charge on any atom is -0.508 e. The fourth-order valence-electron chi connectivity index (χ4n) is 3.11. The van der Waals surface area contributed by atoms with Crippen LogP contribution in [-0.4, -0.2) is 30.5 Å². The number of rotatable bonds is 4. The van der Waals surface area contributed by atoms with Crippen molar-refractivity contribution in [1.82, 2.24) is 0 Å².